The van der Waals surface area contributed by atoms with Gasteiger partial charge in [0.2, 0.25) is 13.6 Å². The van der Waals surface area contributed by atoms with Gasteiger partial charge in [-0.2, -0.15) is 0 Å². The fourth-order valence-corrected chi connectivity index (χ4v) is 11.2. The van der Waals surface area contributed by atoms with E-state index in [0.29, 0.717) is 100 Å². The van der Waals surface area contributed by atoms with Crippen molar-refractivity contribution in [2.45, 2.75) is 79.3 Å². The molecule has 0 atom stereocenters. The molecule has 56 heavy (non-hydrogen) atoms. The molecular formula is C40H58O14Si2. The third kappa shape index (κ3) is 14.8. The maximum absolute atomic E-state index is 12.8. The standard InChI is InChI=1S/C40H58O14Si2/c1-7-49-55(50-8-2,51-9-3)24-14-18-31-27-35(20-22-37(31)41)45-29-47-39(43)33-16-13-17-34(26-33)40(44)48-30-46-36-21-23-38(42)32(28-36)19-15-25-56(52-10-4,53-11-5)54-12-6/h13,16-17,20-23,26-28,41-42H,7-12,14-15,18-19,24-25,29-30H2,1-6H3. The molecule has 0 amide bonds. The largest absolute Gasteiger partial charge is 0.508 e. The summed E-state index contributed by atoms with van der Waals surface area (Å²) in [6.45, 7) is 13.5. The van der Waals surface area contributed by atoms with Crippen LogP contribution in [0.2, 0.25) is 12.1 Å². The van der Waals surface area contributed by atoms with Gasteiger partial charge in [0.15, 0.2) is 0 Å². The molecule has 0 saturated carbocycles. The fraction of sp³-hybridized carbons (Fsp3) is 0.500. The summed E-state index contributed by atoms with van der Waals surface area (Å²) in [5.74, 6) is -0.380. The van der Waals surface area contributed by atoms with Crippen LogP contribution in [0.1, 0.15) is 86.2 Å². The number of ether oxygens (including phenoxy) is 4. The van der Waals surface area contributed by atoms with E-state index in [1.165, 1.54) is 36.4 Å². The molecular weight excluding hydrogens is 761 g/mol. The zero-order valence-corrected chi connectivity index (χ0v) is 35.5. The number of carbonyl (C=O) groups excluding carboxylic acids is 2. The zero-order chi connectivity index (χ0) is 40.8. The van der Waals surface area contributed by atoms with Crippen molar-refractivity contribution < 1.29 is 65.3 Å². The number of carbonyl (C=O) groups is 2. The van der Waals surface area contributed by atoms with Crippen molar-refractivity contribution in [2.75, 3.05) is 53.2 Å². The number of phenolic OH excluding ortho intramolecular Hbond substituents is 2. The monoisotopic (exact) mass is 818 g/mol. The first-order valence-corrected chi connectivity index (χ1v) is 23.1. The maximum atomic E-state index is 12.8. The third-order valence-electron chi connectivity index (χ3n) is 8.31. The lowest BCUT2D eigenvalue weighted by atomic mass is 10.1. The Morgan fingerprint density at radius 2 is 0.875 bits per heavy atom. The molecule has 0 aliphatic carbocycles. The summed E-state index contributed by atoms with van der Waals surface area (Å²) < 4.78 is 57.4. The van der Waals surface area contributed by atoms with Crippen LogP contribution in [0.25, 0.3) is 0 Å². The second kappa shape index (κ2) is 24.6. The maximum Gasteiger partial charge on any atom is 0.500 e. The highest BCUT2D eigenvalue weighted by molar-refractivity contribution is 6.61. The Labute approximate surface area is 332 Å². The van der Waals surface area contributed by atoms with Gasteiger partial charge in [-0.1, -0.05) is 6.07 Å². The Kier molecular flexibility index (Phi) is 20.4. The zero-order valence-electron chi connectivity index (χ0n) is 33.5. The van der Waals surface area contributed by atoms with Crippen LogP contribution in [0.4, 0.5) is 0 Å². The van der Waals surface area contributed by atoms with Crippen LogP contribution in [-0.2, 0) is 48.9 Å². The molecule has 0 bridgehead atoms. The van der Waals surface area contributed by atoms with Crippen LogP contribution in [0, 0.1) is 0 Å². The SMILES string of the molecule is CCO[Si](CCCc1cc(OCOC(=O)c2cccc(C(=O)OCOc3ccc(O)c(CCC[Si](OCC)(OCC)OCC)c3)c2)ccc1O)(OCC)OCC. The number of phenols is 2. The second-order valence-electron chi connectivity index (χ2n) is 12.2. The van der Waals surface area contributed by atoms with Gasteiger partial charge in [-0.3, -0.25) is 0 Å². The molecule has 0 heterocycles. The van der Waals surface area contributed by atoms with E-state index in [-0.39, 0.29) is 22.6 Å². The minimum atomic E-state index is -2.82. The van der Waals surface area contributed by atoms with Crippen LogP contribution >= 0.6 is 0 Å². The molecule has 2 N–H and O–H groups in total. The van der Waals surface area contributed by atoms with Crippen LogP contribution in [0.3, 0.4) is 0 Å². The number of hydrogen-bond donors (Lipinski definition) is 2. The molecule has 3 aromatic rings. The molecule has 0 spiro atoms. The van der Waals surface area contributed by atoms with Gasteiger partial charge in [-0.05, 0) is 133 Å². The smallest absolute Gasteiger partial charge is 0.500 e. The van der Waals surface area contributed by atoms with Crippen LogP contribution < -0.4 is 9.47 Å². The highest BCUT2D eigenvalue weighted by Crippen LogP contribution is 2.29. The molecule has 310 valence electrons. The van der Waals surface area contributed by atoms with Crippen LogP contribution in [-0.4, -0.2) is 93.0 Å². The minimum absolute atomic E-state index is 0.116. The Bertz CT molecular complexity index is 1490. The Balaban J connectivity index is 1.49. The number of rotatable bonds is 28. The van der Waals surface area contributed by atoms with E-state index in [1.54, 1.807) is 24.3 Å². The van der Waals surface area contributed by atoms with E-state index < -0.39 is 43.1 Å². The molecule has 0 aromatic heterocycles. The summed E-state index contributed by atoms with van der Waals surface area (Å²) in [6.07, 6.45) is 2.36. The van der Waals surface area contributed by atoms with Crippen LogP contribution in [0.15, 0.2) is 60.7 Å². The van der Waals surface area contributed by atoms with Crippen LogP contribution in [0.5, 0.6) is 23.0 Å². The average Bonchev–Trinajstić information content (AvgIpc) is 3.17. The quantitative estimate of drug-likeness (QED) is 0.0421. The number of aryl methyl sites for hydroxylation is 2. The Morgan fingerprint density at radius 1 is 0.518 bits per heavy atom. The molecule has 3 rings (SSSR count). The van der Waals surface area contributed by atoms with Gasteiger partial charge in [0.1, 0.15) is 23.0 Å². The third-order valence-corrected chi connectivity index (χ3v) is 14.6. The van der Waals surface area contributed by atoms with Crippen molar-refractivity contribution in [3.8, 4) is 23.0 Å². The molecule has 16 heteroatoms. The first kappa shape index (κ1) is 46.4. The molecule has 14 nitrogen and oxygen atoms in total. The van der Waals surface area contributed by atoms with Crippen molar-refractivity contribution in [1.29, 1.82) is 0 Å². The normalized spacial score (nSPS) is 11.7. The number of esters is 2. The van der Waals surface area contributed by atoms with Gasteiger partial charge < -0.3 is 55.7 Å². The minimum Gasteiger partial charge on any atom is -0.508 e. The second-order valence-corrected chi connectivity index (χ2v) is 17.7. The lowest BCUT2D eigenvalue weighted by Gasteiger charge is -2.28. The Hall–Kier alpha value is -4.01. The van der Waals surface area contributed by atoms with Crippen molar-refractivity contribution >= 4 is 29.5 Å². The Morgan fingerprint density at radius 3 is 1.21 bits per heavy atom. The predicted molar refractivity (Wildman–Crippen MR) is 212 cm³/mol. The molecule has 0 aliphatic heterocycles. The summed E-state index contributed by atoms with van der Waals surface area (Å²) in [5.41, 5.74) is 1.55. The van der Waals surface area contributed by atoms with E-state index in [0.717, 1.165) is 0 Å². The van der Waals surface area contributed by atoms with E-state index in [9.17, 15) is 19.8 Å². The fourth-order valence-electron chi connectivity index (χ4n) is 5.94. The van der Waals surface area contributed by atoms with Gasteiger partial charge in [0.05, 0.1) is 11.1 Å². The summed E-state index contributed by atoms with van der Waals surface area (Å²) in [5, 5.41) is 20.9. The first-order chi connectivity index (χ1) is 27.1. The molecule has 0 radical (unpaired) electrons. The molecule has 0 saturated heterocycles. The predicted octanol–water partition coefficient (Wildman–Crippen LogP) is 7.45. The molecule has 3 aromatic carbocycles. The van der Waals surface area contributed by atoms with Crippen molar-refractivity contribution in [1.82, 2.24) is 0 Å². The summed E-state index contributed by atoms with van der Waals surface area (Å²) in [6, 6.07) is 16.7. The van der Waals surface area contributed by atoms with E-state index in [2.05, 4.69) is 0 Å². The van der Waals surface area contributed by atoms with Gasteiger partial charge in [-0.25, -0.2) is 9.59 Å². The lowest BCUT2D eigenvalue weighted by Crippen LogP contribution is -2.46. The topological polar surface area (TPSA) is 167 Å². The summed E-state index contributed by atoms with van der Waals surface area (Å²) in [7, 11) is -5.64. The van der Waals surface area contributed by atoms with E-state index in [4.69, 9.17) is 45.5 Å². The number of aromatic hydroxyl groups is 2. The summed E-state index contributed by atoms with van der Waals surface area (Å²) in [4.78, 5) is 25.6. The average molecular weight is 819 g/mol. The van der Waals surface area contributed by atoms with Gasteiger partial charge in [-0.15, -0.1) is 0 Å². The van der Waals surface area contributed by atoms with Crippen molar-refractivity contribution in [2.24, 2.45) is 0 Å². The van der Waals surface area contributed by atoms with E-state index in [1.807, 2.05) is 41.5 Å². The molecule has 0 aliphatic rings. The van der Waals surface area contributed by atoms with Gasteiger partial charge >= 0.3 is 29.5 Å². The summed E-state index contributed by atoms with van der Waals surface area (Å²) >= 11 is 0. The lowest BCUT2D eigenvalue weighted by molar-refractivity contribution is 0.0153. The number of hydrogen-bond acceptors (Lipinski definition) is 14. The highest BCUT2D eigenvalue weighted by atomic mass is 28.4. The van der Waals surface area contributed by atoms with Crippen molar-refractivity contribution in [3.63, 3.8) is 0 Å². The van der Waals surface area contributed by atoms with Gasteiger partial charge in [0, 0.05) is 51.7 Å². The highest BCUT2D eigenvalue weighted by Gasteiger charge is 2.40. The van der Waals surface area contributed by atoms with Gasteiger partial charge in [0.25, 0.3) is 0 Å². The molecule has 0 fully saturated rings. The number of benzene rings is 3. The van der Waals surface area contributed by atoms with Crippen molar-refractivity contribution in [3.05, 3.63) is 82.9 Å². The van der Waals surface area contributed by atoms with E-state index >= 15 is 0 Å². The first-order valence-electron chi connectivity index (χ1n) is 19.2. The molecule has 0 unspecified atom stereocenters.